The van der Waals surface area contributed by atoms with Gasteiger partial charge in [-0.15, -0.1) is 10.2 Å². The number of anilines is 1. The number of carbonyl (C=O) groups is 1. The van der Waals surface area contributed by atoms with Crippen molar-refractivity contribution in [2.45, 2.75) is 5.16 Å². The van der Waals surface area contributed by atoms with Crippen LogP contribution in [0.3, 0.4) is 0 Å². The number of aromatic amines is 1. The molecule has 0 spiro atoms. The van der Waals surface area contributed by atoms with E-state index in [0.717, 1.165) is 11.3 Å². The van der Waals surface area contributed by atoms with E-state index >= 15 is 0 Å². The topological polar surface area (TPSA) is 119 Å². The largest absolute Gasteiger partial charge is 0.439 e. The molecule has 2 heterocycles. The number of aromatic nitrogens is 5. The molecule has 0 aliphatic carbocycles. The van der Waals surface area contributed by atoms with Gasteiger partial charge in [0.15, 0.2) is 16.8 Å². The van der Waals surface area contributed by atoms with E-state index in [9.17, 15) is 9.59 Å². The summed E-state index contributed by atoms with van der Waals surface area (Å²) in [5, 5.41) is 15.9. The maximum atomic E-state index is 12.7. The summed E-state index contributed by atoms with van der Waals surface area (Å²) < 4.78 is 6.48. The van der Waals surface area contributed by atoms with E-state index in [0.29, 0.717) is 28.1 Å². The van der Waals surface area contributed by atoms with Gasteiger partial charge in [-0.05, 0) is 24.3 Å². The van der Waals surface area contributed by atoms with Crippen molar-refractivity contribution >= 4 is 23.4 Å². The van der Waals surface area contributed by atoms with Crippen molar-refractivity contribution in [2.75, 3.05) is 11.1 Å². The molecule has 0 unspecified atom stereocenters. The minimum Gasteiger partial charge on any atom is -0.325 e. The van der Waals surface area contributed by atoms with Gasteiger partial charge in [0.1, 0.15) is 0 Å². The van der Waals surface area contributed by atoms with E-state index in [1.165, 1.54) is 11.8 Å². The van der Waals surface area contributed by atoms with Crippen molar-refractivity contribution in [3.63, 3.8) is 0 Å². The maximum absolute atomic E-state index is 12.7. The zero-order valence-electron chi connectivity index (χ0n) is 17.7. The Balaban J connectivity index is 1.34. The molecular weight excluding hydrogens is 452 g/mol. The molecule has 0 saturated carbocycles. The summed E-state index contributed by atoms with van der Waals surface area (Å²) in [6.45, 7) is 0. The highest BCUT2D eigenvalue weighted by Gasteiger charge is 2.17. The molecule has 5 aromatic rings. The van der Waals surface area contributed by atoms with E-state index < -0.39 is 5.76 Å². The Hall–Kier alpha value is -4.44. The number of hydrogen-bond donors (Lipinski definition) is 2. The SMILES string of the molecule is O=C(CSc1nnc(-c2ccccc2)n1-c1ccccc1)Nc1cccc(-c2noc(=O)[nH]2)c1. The smallest absolute Gasteiger partial charge is 0.325 e. The minimum absolute atomic E-state index is 0.130. The first-order valence-corrected chi connectivity index (χ1v) is 11.3. The standard InChI is InChI=1S/C24H18N6O3S/c31-20(25-18-11-7-10-17(14-18)21-26-24(32)33-29-21)15-34-23-28-27-22(16-8-3-1-4-9-16)30(23)19-12-5-2-6-13-19/h1-14H,15H2,(H,25,31)(H,26,29,32). The highest BCUT2D eigenvalue weighted by molar-refractivity contribution is 7.99. The Kier molecular flexibility index (Phi) is 6.04. The Labute approximate surface area is 197 Å². The van der Waals surface area contributed by atoms with Gasteiger partial charge in [0, 0.05) is 22.5 Å². The van der Waals surface area contributed by atoms with Crippen LogP contribution in [0.15, 0.2) is 99.4 Å². The molecule has 2 N–H and O–H groups in total. The molecule has 10 heteroatoms. The van der Waals surface area contributed by atoms with Crippen LogP contribution in [-0.4, -0.2) is 36.6 Å². The molecule has 168 valence electrons. The summed E-state index contributed by atoms with van der Waals surface area (Å²) >= 11 is 1.29. The molecule has 0 aliphatic rings. The number of benzene rings is 3. The number of thioether (sulfide) groups is 1. The second kappa shape index (κ2) is 9.59. The van der Waals surface area contributed by atoms with E-state index in [-0.39, 0.29) is 11.7 Å². The number of rotatable bonds is 7. The Morgan fingerprint density at radius 2 is 1.68 bits per heavy atom. The molecule has 0 fully saturated rings. The molecule has 0 bridgehead atoms. The van der Waals surface area contributed by atoms with Crippen LogP contribution in [0.4, 0.5) is 5.69 Å². The number of nitrogens with zero attached hydrogens (tertiary/aromatic N) is 4. The Morgan fingerprint density at radius 3 is 2.41 bits per heavy atom. The van der Waals surface area contributed by atoms with E-state index in [1.54, 1.807) is 24.3 Å². The van der Waals surface area contributed by atoms with E-state index in [2.05, 4.69) is 30.2 Å². The molecule has 0 aliphatic heterocycles. The van der Waals surface area contributed by atoms with Gasteiger partial charge in [-0.3, -0.25) is 18.9 Å². The van der Waals surface area contributed by atoms with Crippen LogP contribution < -0.4 is 11.1 Å². The quantitative estimate of drug-likeness (QED) is 0.345. The van der Waals surface area contributed by atoms with Crippen molar-refractivity contribution < 1.29 is 9.32 Å². The van der Waals surface area contributed by atoms with E-state index in [4.69, 9.17) is 0 Å². The summed E-state index contributed by atoms with van der Waals surface area (Å²) in [5.41, 5.74) is 3.02. The number of para-hydroxylation sites is 1. The molecule has 9 nitrogen and oxygen atoms in total. The van der Waals surface area contributed by atoms with Crippen LogP contribution in [0.2, 0.25) is 0 Å². The second-order valence-corrected chi connectivity index (χ2v) is 8.15. The van der Waals surface area contributed by atoms with Crippen molar-refractivity contribution in [1.82, 2.24) is 24.9 Å². The third kappa shape index (κ3) is 4.66. The number of nitrogens with one attached hydrogen (secondary N) is 2. The first-order valence-electron chi connectivity index (χ1n) is 10.3. The van der Waals surface area contributed by atoms with Crippen LogP contribution in [0.5, 0.6) is 0 Å². The lowest BCUT2D eigenvalue weighted by molar-refractivity contribution is -0.113. The van der Waals surface area contributed by atoms with Crippen LogP contribution in [0.1, 0.15) is 0 Å². The molecule has 0 saturated heterocycles. The second-order valence-electron chi connectivity index (χ2n) is 7.20. The molecule has 34 heavy (non-hydrogen) atoms. The monoisotopic (exact) mass is 470 g/mol. The van der Waals surface area contributed by atoms with Gasteiger partial charge >= 0.3 is 5.76 Å². The maximum Gasteiger partial charge on any atom is 0.439 e. The number of amides is 1. The summed E-state index contributed by atoms with van der Waals surface area (Å²) in [4.78, 5) is 26.4. The van der Waals surface area contributed by atoms with Crippen LogP contribution >= 0.6 is 11.8 Å². The first kappa shape index (κ1) is 21.4. The summed E-state index contributed by atoms with van der Waals surface area (Å²) in [7, 11) is 0. The molecule has 3 aromatic carbocycles. The third-order valence-corrected chi connectivity index (χ3v) is 5.80. The fourth-order valence-electron chi connectivity index (χ4n) is 3.37. The van der Waals surface area contributed by atoms with Crippen LogP contribution in [0, 0.1) is 0 Å². The summed E-state index contributed by atoms with van der Waals surface area (Å²) in [6, 6.07) is 26.5. The van der Waals surface area contributed by atoms with Gasteiger partial charge in [0.05, 0.1) is 5.75 Å². The van der Waals surface area contributed by atoms with Gasteiger partial charge < -0.3 is 5.32 Å². The molecule has 0 radical (unpaired) electrons. The predicted molar refractivity (Wildman–Crippen MR) is 129 cm³/mol. The van der Waals surface area contributed by atoms with Gasteiger partial charge in [-0.2, -0.15) is 0 Å². The molecule has 0 atom stereocenters. The lowest BCUT2D eigenvalue weighted by Crippen LogP contribution is -2.14. The first-order chi connectivity index (χ1) is 16.7. The lowest BCUT2D eigenvalue weighted by Gasteiger charge is -2.10. The molecular formula is C24H18N6O3S. The van der Waals surface area contributed by atoms with E-state index in [1.807, 2.05) is 65.2 Å². The van der Waals surface area contributed by atoms with Gasteiger partial charge in [-0.1, -0.05) is 77.6 Å². The highest BCUT2D eigenvalue weighted by atomic mass is 32.2. The van der Waals surface area contributed by atoms with Crippen molar-refractivity contribution in [3.8, 4) is 28.5 Å². The lowest BCUT2D eigenvalue weighted by atomic mass is 10.2. The number of H-pyrrole nitrogens is 1. The zero-order valence-corrected chi connectivity index (χ0v) is 18.5. The number of hydrogen-bond acceptors (Lipinski definition) is 7. The highest BCUT2D eigenvalue weighted by Crippen LogP contribution is 2.28. The fraction of sp³-hybridized carbons (Fsp3) is 0.0417. The molecule has 1 amide bonds. The van der Waals surface area contributed by atoms with Crippen LogP contribution in [-0.2, 0) is 4.79 Å². The number of carbonyl (C=O) groups excluding carboxylic acids is 1. The predicted octanol–water partition coefficient (Wildman–Crippen LogP) is 4.01. The van der Waals surface area contributed by atoms with Crippen molar-refractivity contribution in [1.29, 1.82) is 0 Å². The normalized spacial score (nSPS) is 10.8. The molecule has 5 rings (SSSR count). The summed E-state index contributed by atoms with van der Waals surface area (Å²) in [5.74, 6) is 0.270. The van der Waals surface area contributed by atoms with Crippen LogP contribution in [0.25, 0.3) is 28.5 Å². The van der Waals surface area contributed by atoms with Gasteiger partial charge in [-0.25, -0.2) is 4.79 Å². The third-order valence-electron chi connectivity index (χ3n) is 4.87. The fourth-order valence-corrected chi connectivity index (χ4v) is 4.13. The Morgan fingerprint density at radius 1 is 0.941 bits per heavy atom. The summed E-state index contributed by atoms with van der Waals surface area (Å²) in [6.07, 6.45) is 0. The van der Waals surface area contributed by atoms with Gasteiger partial charge in [0.2, 0.25) is 5.91 Å². The minimum atomic E-state index is -0.641. The van der Waals surface area contributed by atoms with Gasteiger partial charge in [0.25, 0.3) is 0 Å². The van der Waals surface area contributed by atoms with Crippen molar-refractivity contribution in [3.05, 3.63) is 95.5 Å². The Bertz CT molecular complexity index is 1480. The molecule has 2 aromatic heterocycles. The average Bonchev–Trinajstić information content (AvgIpc) is 3.50. The zero-order chi connectivity index (χ0) is 23.3. The van der Waals surface area contributed by atoms with Crippen molar-refractivity contribution in [2.24, 2.45) is 0 Å². The average molecular weight is 471 g/mol.